The Labute approximate surface area is 147 Å². The van der Waals surface area contributed by atoms with Crippen molar-refractivity contribution in [1.82, 2.24) is 9.88 Å². The first kappa shape index (κ1) is 16.6. The highest BCUT2D eigenvalue weighted by Crippen LogP contribution is 2.32. The molecule has 0 spiro atoms. The summed E-state index contributed by atoms with van der Waals surface area (Å²) in [5, 5.41) is 2.87. The number of aryl methyl sites for hydroxylation is 1. The van der Waals surface area contributed by atoms with E-state index in [-0.39, 0.29) is 18.3 Å². The molecular formula is C17H17BrN2O4. The number of carbonyl (C=O) groups is 1. The van der Waals surface area contributed by atoms with Crippen LogP contribution in [0.3, 0.4) is 0 Å². The van der Waals surface area contributed by atoms with Crippen molar-refractivity contribution >= 4 is 21.8 Å². The molecule has 0 aliphatic carbocycles. The van der Waals surface area contributed by atoms with E-state index in [0.717, 1.165) is 17.3 Å². The minimum absolute atomic E-state index is 0.0254. The van der Waals surface area contributed by atoms with E-state index in [1.54, 1.807) is 35.0 Å². The number of unbranched alkanes of at least 4 members (excludes halogenated alkanes) is 1. The lowest BCUT2D eigenvalue weighted by Crippen LogP contribution is -2.25. The lowest BCUT2D eigenvalue weighted by Gasteiger charge is -2.08. The van der Waals surface area contributed by atoms with Gasteiger partial charge in [0.2, 0.25) is 6.79 Å². The van der Waals surface area contributed by atoms with Crippen LogP contribution in [0, 0.1) is 0 Å². The molecule has 0 atom stereocenters. The quantitative estimate of drug-likeness (QED) is 0.766. The van der Waals surface area contributed by atoms with Crippen molar-refractivity contribution in [3.8, 4) is 11.5 Å². The number of hydrogen-bond acceptors (Lipinski definition) is 4. The molecule has 0 bridgehead atoms. The topological polar surface area (TPSA) is 69.6 Å². The molecule has 0 saturated heterocycles. The number of nitrogens with one attached hydrogen (secondary N) is 1. The molecule has 24 heavy (non-hydrogen) atoms. The van der Waals surface area contributed by atoms with Gasteiger partial charge in [-0.1, -0.05) is 0 Å². The highest BCUT2D eigenvalue weighted by molar-refractivity contribution is 9.10. The van der Waals surface area contributed by atoms with Crippen molar-refractivity contribution < 1.29 is 14.3 Å². The fraction of sp³-hybridized carbons (Fsp3) is 0.294. The Morgan fingerprint density at radius 3 is 2.88 bits per heavy atom. The molecule has 2 aromatic rings. The molecule has 2 heterocycles. The van der Waals surface area contributed by atoms with Crippen molar-refractivity contribution in [3.05, 3.63) is 56.9 Å². The number of rotatable bonds is 6. The van der Waals surface area contributed by atoms with Crippen molar-refractivity contribution in [2.75, 3.05) is 13.3 Å². The number of aromatic nitrogens is 1. The molecule has 1 aromatic carbocycles. The second-order valence-corrected chi connectivity index (χ2v) is 6.33. The Morgan fingerprint density at radius 1 is 1.17 bits per heavy atom. The number of amides is 1. The molecule has 1 amide bonds. The Bertz CT molecular complexity index is 803. The van der Waals surface area contributed by atoms with Gasteiger partial charge in [0.05, 0.1) is 0 Å². The van der Waals surface area contributed by atoms with Gasteiger partial charge in [-0.2, -0.15) is 0 Å². The van der Waals surface area contributed by atoms with E-state index in [1.807, 2.05) is 0 Å². The number of ether oxygens (including phenoxy) is 2. The molecule has 0 fully saturated rings. The maximum atomic E-state index is 12.1. The van der Waals surface area contributed by atoms with Gasteiger partial charge in [0.25, 0.3) is 11.5 Å². The van der Waals surface area contributed by atoms with Crippen LogP contribution in [0.2, 0.25) is 0 Å². The van der Waals surface area contributed by atoms with Gasteiger partial charge in [0.1, 0.15) is 0 Å². The fourth-order valence-corrected chi connectivity index (χ4v) is 2.81. The summed E-state index contributed by atoms with van der Waals surface area (Å²) in [7, 11) is 0. The molecule has 126 valence electrons. The first-order chi connectivity index (χ1) is 11.6. The summed E-state index contributed by atoms with van der Waals surface area (Å²) in [6.07, 6.45) is 3.36. The van der Waals surface area contributed by atoms with Gasteiger partial charge < -0.3 is 19.4 Å². The standard InChI is InChI=1S/C17H17BrN2O4/c18-13-4-6-16(21)20(10-13)8-2-1-7-19-17(22)12-3-5-14-15(9-12)24-11-23-14/h3-6,9-10H,1-2,7-8,11H2,(H,19,22). The van der Waals surface area contributed by atoms with Gasteiger partial charge >= 0.3 is 0 Å². The Hall–Kier alpha value is -2.28. The van der Waals surface area contributed by atoms with Crippen LogP contribution < -0.4 is 20.3 Å². The second-order valence-electron chi connectivity index (χ2n) is 5.41. The van der Waals surface area contributed by atoms with Crippen molar-refractivity contribution in [3.63, 3.8) is 0 Å². The lowest BCUT2D eigenvalue weighted by molar-refractivity contribution is 0.0952. The Balaban J connectivity index is 1.44. The minimum Gasteiger partial charge on any atom is -0.454 e. The lowest BCUT2D eigenvalue weighted by atomic mass is 10.2. The summed E-state index contributed by atoms with van der Waals surface area (Å²) in [6, 6.07) is 8.38. The number of pyridine rings is 1. The van der Waals surface area contributed by atoms with Crippen LogP contribution >= 0.6 is 15.9 Å². The van der Waals surface area contributed by atoms with Crippen LogP contribution in [0.15, 0.2) is 45.8 Å². The van der Waals surface area contributed by atoms with E-state index in [2.05, 4.69) is 21.2 Å². The molecule has 6 nitrogen and oxygen atoms in total. The number of carbonyl (C=O) groups excluding carboxylic acids is 1. The zero-order valence-corrected chi connectivity index (χ0v) is 14.5. The maximum absolute atomic E-state index is 12.1. The minimum atomic E-state index is -0.145. The first-order valence-electron chi connectivity index (χ1n) is 7.67. The summed E-state index contributed by atoms with van der Waals surface area (Å²) in [4.78, 5) is 23.8. The van der Waals surface area contributed by atoms with E-state index in [1.165, 1.54) is 6.07 Å². The molecule has 0 unspecified atom stereocenters. The zero-order chi connectivity index (χ0) is 16.9. The van der Waals surface area contributed by atoms with Crippen molar-refractivity contribution in [2.24, 2.45) is 0 Å². The fourth-order valence-electron chi connectivity index (χ4n) is 2.43. The van der Waals surface area contributed by atoms with Gasteiger partial charge in [-0.25, -0.2) is 0 Å². The van der Waals surface area contributed by atoms with Crippen LogP contribution in [-0.4, -0.2) is 23.8 Å². The van der Waals surface area contributed by atoms with Crippen molar-refractivity contribution in [2.45, 2.75) is 19.4 Å². The average molecular weight is 393 g/mol. The number of hydrogen-bond donors (Lipinski definition) is 1. The molecule has 0 saturated carbocycles. The average Bonchev–Trinajstić information content (AvgIpc) is 3.05. The number of fused-ring (bicyclic) bond motifs is 1. The molecule has 3 rings (SSSR count). The summed E-state index contributed by atoms with van der Waals surface area (Å²) in [5.41, 5.74) is 0.519. The number of nitrogens with zero attached hydrogens (tertiary/aromatic N) is 1. The molecule has 0 radical (unpaired) electrons. The van der Waals surface area contributed by atoms with Gasteiger partial charge in [-0.3, -0.25) is 9.59 Å². The smallest absolute Gasteiger partial charge is 0.251 e. The largest absolute Gasteiger partial charge is 0.454 e. The summed E-state index contributed by atoms with van der Waals surface area (Å²) in [5.74, 6) is 1.11. The van der Waals surface area contributed by atoms with Gasteiger partial charge in [-0.05, 0) is 53.0 Å². The highest BCUT2D eigenvalue weighted by atomic mass is 79.9. The zero-order valence-electron chi connectivity index (χ0n) is 13.0. The van der Waals surface area contributed by atoms with E-state index in [4.69, 9.17) is 9.47 Å². The normalized spacial score (nSPS) is 12.2. The molecule has 1 aromatic heterocycles. The van der Waals surface area contributed by atoms with Gasteiger partial charge in [0.15, 0.2) is 11.5 Å². The van der Waals surface area contributed by atoms with E-state index >= 15 is 0 Å². The first-order valence-corrected chi connectivity index (χ1v) is 8.46. The summed E-state index contributed by atoms with van der Waals surface area (Å²) < 4.78 is 13.0. The van der Waals surface area contributed by atoms with E-state index in [0.29, 0.717) is 30.2 Å². The molecule has 1 aliphatic heterocycles. The number of benzene rings is 1. The van der Waals surface area contributed by atoms with Crippen LogP contribution in [0.1, 0.15) is 23.2 Å². The van der Waals surface area contributed by atoms with Gasteiger partial charge in [-0.15, -0.1) is 0 Å². The predicted molar refractivity (Wildman–Crippen MR) is 92.5 cm³/mol. The highest BCUT2D eigenvalue weighted by Gasteiger charge is 2.15. The van der Waals surface area contributed by atoms with Crippen LogP contribution in [0.5, 0.6) is 11.5 Å². The van der Waals surface area contributed by atoms with Crippen LogP contribution in [0.25, 0.3) is 0 Å². The summed E-state index contributed by atoms with van der Waals surface area (Å²) in [6.45, 7) is 1.36. The monoisotopic (exact) mass is 392 g/mol. The second kappa shape index (κ2) is 7.53. The third kappa shape index (κ3) is 3.97. The molecule has 7 heteroatoms. The maximum Gasteiger partial charge on any atom is 0.251 e. The number of halogens is 1. The Kier molecular flexibility index (Phi) is 5.20. The van der Waals surface area contributed by atoms with Crippen molar-refractivity contribution in [1.29, 1.82) is 0 Å². The van der Waals surface area contributed by atoms with Crippen LogP contribution in [0.4, 0.5) is 0 Å². The van der Waals surface area contributed by atoms with E-state index in [9.17, 15) is 9.59 Å². The SMILES string of the molecule is O=C(NCCCCn1cc(Br)ccc1=O)c1ccc2c(c1)OCO2. The third-order valence-electron chi connectivity index (χ3n) is 3.69. The molecule has 1 N–H and O–H groups in total. The molecule has 1 aliphatic rings. The Morgan fingerprint density at radius 2 is 2.00 bits per heavy atom. The third-order valence-corrected chi connectivity index (χ3v) is 4.16. The van der Waals surface area contributed by atoms with E-state index < -0.39 is 0 Å². The van der Waals surface area contributed by atoms with Crippen LogP contribution in [-0.2, 0) is 6.54 Å². The predicted octanol–water partition coefficient (Wildman–Crippen LogP) is 2.55. The molecular weight excluding hydrogens is 376 g/mol. The summed E-state index contributed by atoms with van der Waals surface area (Å²) >= 11 is 3.35. The van der Waals surface area contributed by atoms with Gasteiger partial charge in [0, 0.05) is 35.4 Å².